The smallest absolute Gasteiger partial charge is 0.314 e. The molecule has 10 heteroatoms. The Balaban J connectivity index is 1.49. The molecule has 1 aliphatic heterocycles. The monoisotopic (exact) mass is 651 g/mol. The van der Waals surface area contributed by atoms with Gasteiger partial charge in [0.15, 0.2) is 0 Å². The largest absolute Gasteiger partial charge is 0.469 e. The molecule has 0 saturated carbocycles. The lowest BCUT2D eigenvalue weighted by Gasteiger charge is -2.46. The van der Waals surface area contributed by atoms with E-state index < -0.39 is 42.5 Å². The van der Waals surface area contributed by atoms with Gasteiger partial charge in [0.2, 0.25) is 0 Å². The van der Waals surface area contributed by atoms with Gasteiger partial charge in [-0.05, 0) is 34.2 Å². The Bertz CT molecular complexity index is 1560. The predicted molar refractivity (Wildman–Crippen MR) is 179 cm³/mol. The summed E-state index contributed by atoms with van der Waals surface area (Å²) in [5, 5.41) is 3.75. The van der Waals surface area contributed by atoms with Crippen LogP contribution in [0.4, 0.5) is 0 Å². The topological polar surface area (TPSA) is 121 Å². The van der Waals surface area contributed by atoms with Crippen molar-refractivity contribution in [3.63, 3.8) is 0 Å². The number of ether oxygens (including phenoxy) is 6. The lowest BCUT2D eigenvalue weighted by Crippen LogP contribution is -2.61. The maximum Gasteiger partial charge on any atom is 0.314 e. The highest BCUT2D eigenvalue weighted by molar-refractivity contribution is 5.75. The van der Waals surface area contributed by atoms with E-state index in [4.69, 9.17) is 28.4 Å². The van der Waals surface area contributed by atoms with Crippen molar-refractivity contribution < 1.29 is 33.2 Å². The Hall–Kier alpha value is -4.54. The van der Waals surface area contributed by atoms with Crippen LogP contribution in [-0.2, 0) is 59.6 Å². The van der Waals surface area contributed by atoms with Crippen LogP contribution in [0.3, 0.4) is 0 Å². The summed E-state index contributed by atoms with van der Waals surface area (Å²) in [6.07, 6.45) is -3.37. The fourth-order valence-electron chi connectivity index (χ4n) is 5.68. The summed E-state index contributed by atoms with van der Waals surface area (Å²) in [6.45, 7) is 1.37. The van der Waals surface area contributed by atoms with E-state index in [1.54, 1.807) is 0 Å². The molecule has 250 valence electrons. The van der Waals surface area contributed by atoms with Crippen LogP contribution in [-0.4, -0.2) is 56.2 Å². The van der Waals surface area contributed by atoms with Crippen molar-refractivity contribution in [1.82, 2.24) is 0 Å². The van der Waals surface area contributed by atoms with Crippen LogP contribution >= 0.6 is 0 Å². The number of benzene rings is 4. The summed E-state index contributed by atoms with van der Waals surface area (Å²) in [6, 6.07) is 38.2. The van der Waals surface area contributed by atoms with Crippen LogP contribution in [0.15, 0.2) is 126 Å². The molecule has 0 unspecified atom stereocenters. The normalized spacial score (nSPS) is 21.1. The molecule has 0 aromatic heterocycles. The number of hydrogen-bond acceptors (Lipinski definition) is 8. The van der Waals surface area contributed by atoms with Gasteiger partial charge in [-0.15, -0.1) is 0 Å². The zero-order valence-corrected chi connectivity index (χ0v) is 27.0. The van der Waals surface area contributed by atoms with E-state index in [0.29, 0.717) is 13.2 Å². The van der Waals surface area contributed by atoms with Crippen molar-refractivity contribution in [3.05, 3.63) is 154 Å². The van der Waals surface area contributed by atoms with Gasteiger partial charge < -0.3 is 28.4 Å². The average molecular weight is 652 g/mol. The number of methoxy groups -OCH3 is 1. The first-order chi connectivity index (χ1) is 23.6. The number of azide groups is 1. The quantitative estimate of drug-likeness (QED) is 0.0523. The highest BCUT2D eigenvalue weighted by atomic mass is 16.6. The first kappa shape index (κ1) is 34.8. The van der Waals surface area contributed by atoms with Crippen molar-refractivity contribution in [1.29, 1.82) is 0 Å². The van der Waals surface area contributed by atoms with Crippen molar-refractivity contribution in [3.8, 4) is 0 Å². The highest BCUT2D eigenvalue weighted by Gasteiger charge is 2.49. The van der Waals surface area contributed by atoms with Gasteiger partial charge in [-0.3, -0.25) is 4.79 Å². The molecule has 5 rings (SSSR count). The number of esters is 1. The van der Waals surface area contributed by atoms with E-state index >= 15 is 0 Å². The Morgan fingerprint density at radius 2 is 1.08 bits per heavy atom. The van der Waals surface area contributed by atoms with Crippen LogP contribution in [0.1, 0.15) is 28.7 Å². The summed E-state index contributed by atoms with van der Waals surface area (Å²) in [7, 11) is 1.26. The molecule has 1 aliphatic rings. The molecule has 48 heavy (non-hydrogen) atoms. The van der Waals surface area contributed by atoms with Crippen LogP contribution in [0.25, 0.3) is 10.4 Å². The van der Waals surface area contributed by atoms with Crippen molar-refractivity contribution in [2.45, 2.75) is 69.4 Å². The second-order valence-electron chi connectivity index (χ2n) is 11.5. The van der Waals surface area contributed by atoms with E-state index in [9.17, 15) is 10.3 Å². The summed E-state index contributed by atoms with van der Waals surface area (Å²) >= 11 is 0. The number of carbonyl (C=O) groups is 1. The highest BCUT2D eigenvalue weighted by Crippen LogP contribution is 2.33. The fraction of sp³-hybridized carbons (Fsp3) is 0.342. The maximum absolute atomic E-state index is 12.7. The molecule has 1 heterocycles. The molecule has 0 amide bonds. The fourth-order valence-corrected chi connectivity index (χ4v) is 5.68. The van der Waals surface area contributed by atoms with Crippen LogP contribution < -0.4 is 0 Å². The van der Waals surface area contributed by atoms with Gasteiger partial charge in [0.05, 0.1) is 46.2 Å². The molecular weight excluding hydrogens is 610 g/mol. The number of nitrogens with zero attached hydrogens (tertiary/aromatic N) is 3. The average Bonchev–Trinajstić information content (AvgIpc) is 3.14. The molecule has 0 aliphatic carbocycles. The maximum atomic E-state index is 12.7. The molecular formula is C38H41N3O7. The Kier molecular flexibility index (Phi) is 13.6. The predicted octanol–water partition coefficient (Wildman–Crippen LogP) is 6.97. The van der Waals surface area contributed by atoms with Crippen LogP contribution in [0.5, 0.6) is 0 Å². The second kappa shape index (κ2) is 18.7. The first-order valence-electron chi connectivity index (χ1n) is 16.0. The third kappa shape index (κ3) is 10.2. The Morgan fingerprint density at radius 1 is 0.667 bits per heavy atom. The SMILES string of the molecule is COC(=O)[C@H](C[C@H]1O[C@H](COCc2ccccc2)[C@@H](OCc2ccccc2)[C@H](OCc2ccccc2)[C@H]1OCc1ccccc1)N=[N+]=[N-]. The van der Waals surface area contributed by atoms with Crippen LogP contribution in [0, 0.1) is 0 Å². The lowest BCUT2D eigenvalue weighted by molar-refractivity contribution is -0.274. The third-order valence-electron chi connectivity index (χ3n) is 8.10. The standard InChI is InChI=1S/C38H41N3O7/c1-43-38(42)32(40-41-39)22-33-35(45-24-29-16-8-3-9-17-29)37(47-26-31-20-12-5-13-21-31)36(46-25-30-18-10-4-11-19-30)34(48-33)27-44-23-28-14-6-2-7-15-28/h2-21,32-37H,22-27H2,1H3/t32-,33+,34+,35-,36+,37+/m0/s1. The molecule has 0 N–H and O–H groups in total. The van der Waals surface area contributed by atoms with E-state index in [1.165, 1.54) is 7.11 Å². The van der Waals surface area contributed by atoms with Gasteiger partial charge in [-0.1, -0.05) is 126 Å². The summed E-state index contributed by atoms with van der Waals surface area (Å²) in [5.74, 6) is -0.667. The molecule has 4 aromatic rings. The summed E-state index contributed by atoms with van der Waals surface area (Å²) < 4.78 is 37.9. The molecule has 0 radical (unpaired) electrons. The second-order valence-corrected chi connectivity index (χ2v) is 11.5. The first-order valence-corrected chi connectivity index (χ1v) is 16.0. The minimum atomic E-state index is -1.14. The molecule has 6 atom stereocenters. The molecule has 1 saturated heterocycles. The van der Waals surface area contributed by atoms with Gasteiger partial charge in [-0.25, -0.2) is 0 Å². The number of hydrogen-bond donors (Lipinski definition) is 0. The van der Waals surface area contributed by atoms with E-state index in [-0.39, 0.29) is 26.2 Å². The Labute approximate surface area is 281 Å². The van der Waals surface area contributed by atoms with E-state index in [2.05, 4.69) is 10.0 Å². The third-order valence-corrected chi connectivity index (χ3v) is 8.10. The van der Waals surface area contributed by atoms with Crippen molar-refractivity contribution >= 4 is 5.97 Å². The lowest BCUT2D eigenvalue weighted by atomic mass is 9.90. The number of carbonyl (C=O) groups excluding carboxylic acids is 1. The molecule has 1 fully saturated rings. The minimum Gasteiger partial charge on any atom is -0.469 e. The number of rotatable bonds is 17. The van der Waals surface area contributed by atoms with Gasteiger partial charge >= 0.3 is 5.97 Å². The zero-order chi connectivity index (χ0) is 33.4. The summed E-state index contributed by atoms with van der Waals surface area (Å²) in [4.78, 5) is 15.6. The van der Waals surface area contributed by atoms with Gasteiger partial charge in [0.1, 0.15) is 30.5 Å². The van der Waals surface area contributed by atoms with E-state index in [1.807, 2.05) is 121 Å². The van der Waals surface area contributed by atoms with E-state index in [0.717, 1.165) is 22.3 Å². The van der Waals surface area contributed by atoms with Gasteiger partial charge in [0.25, 0.3) is 0 Å². The van der Waals surface area contributed by atoms with Crippen LogP contribution in [0.2, 0.25) is 0 Å². The molecule has 4 aromatic carbocycles. The molecule has 0 spiro atoms. The Morgan fingerprint density at radius 3 is 1.52 bits per heavy atom. The summed E-state index contributed by atoms with van der Waals surface area (Å²) in [5.41, 5.74) is 13.2. The minimum absolute atomic E-state index is 0.00196. The van der Waals surface area contributed by atoms with Crippen molar-refractivity contribution in [2.24, 2.45) is 5.11 Å². The van der Waals surface area contributed by atoms with Gasteiger partial charge in [-0.2, -0.15) is 0 Å². The molecule has 10 nitrogen and oxygen atoms in total. The molecule has 0 bridgehead atoms. The van der Waals surface area contributed by atoms with Gasteiger partial charge in [0, 0.05) is 4.91 Å². The zero-order valence-electron chi connectivity index (χ0n) is 27.0. The van der Waals surface area contributed by atoms with Crippen molar-refractivity contribution in [2.75, 3.05) is 13.7 Å².